The van der Waals surface area contributed by atoms with E-state index in [1.165, 1.54) is 24.1 Å². The van der Waals surface area contributed by atoms with Gasteiger partial charge in [0, 0.05) is 23.5 Å². The number of nitrogens with zero attached hydrogens (tertiary/aromatic N) is 1. The van der Waals surface area contributed by atoms with Gasteiger partial charge in [-0.3, -0.25) is 4.90 Å². The van der Waals surface area contributed by atoms with Crippen LogP contribution in [0.1, 0.15) is 42.9 Å². The summed E-state index contributed by atoms with van der Waals surface area (Å²) in [4.78, 5) is 5.17. The van der Waals surface area contributed by atoms with Crippen molar-refractivity contribution in [2.75, 3.05) is 6.54 Å². The number of hydrogen-bond donors (Lipinski definition) is 1. The Kier molecular flexibility index (Phi) is 4.82. The third kappa shape index (κ3) is 3.35. The number of nitrogens with two attached hydrogens (primary N) is 1. The molecule has 1 saturated heterocycles. The van der Waals surface area contributed by atoms with Gasteiger partial charge >= 0.3 is 0 Å². The van der Waals surface area contributed by atoms with Gasteiger partial charge in [-0.15, -0.1) is 11.3 Å². The first kappa shape index (κ1) is 13.6. The highest BCUT2D eigenvalue weighted by atomic mass is 32.1. The normalized spacial score (nSPS) is 24.6. The quantitative estimate of drug-likeness (QED) is 0.830. The van der Waals surface area contributed by atoms with Crippen LogP contribution in [0.4, 0.5) is 0 Å². The number of hydrogen-bond acceptors (Lipinski definition) is 3. The zero-order valence-corrected chi connectivity index (χ0v) is 12.1. The monoisotopic (exact) mass is 262 g/mol. The molecular formula is C15H22N2S. The highest BCUT2D eigenvalue weighted by molar-refractivity contribution is 7.12. The fraction of sp³-hybridized carbons (Fsp3) is 0.600. The first-order valence-electron chi connectivity index (χ1n) is 6.74. The van der Waals surface area contributed by atoms with Crippen LogP contribution in [-0.4, -0.2) is 23.5 Å². The molecule has 2 N–H and O–H groups in total. The topological polar surface area (TPSA) is 29.3 Å². The van der Waals surface area contributed by atoms with E-state index in [0.29, 0.717) is 18.6 Å². The maximum atomic E-state index is 5.39. The molecule has 0 radical (unpaired) electrons. The number of thiophene rings is 1. The summed E-state index contributed by atoms with van der Waals surface area (Å²) in [7, 11) is 0. The maximum absolute atomic E-state index is 5.39. The second-order valence-corrected chi connectivity index (χ2v) is 6.24. The van der Waals surface area contributed by atoms with E-state index >= 15 is 0 Å². The molecule has 0 aromatic carbocycles. The third-order valence-electron chi connectivity index (χ3n) is 3.69. The van der Waals surface area contributed by atoms with Gasteiger partial charge in [0.2, 0.25) is 0 Å². The van der Waals surface area contributed by atoms with Crippen LogP contribution >= 0.6 is 11.3 Å². The fourth-order valence-electron chi connectivity index (χ4n) is 2.63. The highest BCUT2D eigenvalue weighted by Gasteiger charge is 2.24. The molecular weight excluding hydrogens is 240 g/mol. The molecule has 0 spiro atoms. The van der Waals surface area contributed by atoms with Gasteiger partial charge in [-0.2, -0.15) is 0 Å². The third-order valence-corrected chi connectivity index (χ3v) is 4.68. The minimum atomic E-state index is 0.438. The molecule has 1 aliphatic rings. The largest absolute Gasteiger partial charge is 0.320 e. The lowest BCUT2D eigenvalue weighted by Crippen LogP contribution is -2.42. The van der Waals surface area contributed by atoms with Crippen molar-refractivity contribution in [3.8, 4) is 11.8 Å². The summed E-state index contributed by atoms with van der Waals surface area (Å²) in [6.07, 6.45) is 4.03. The first-order valence-corrected chi connectivity index (χ1v) is 7.55. The second-order valence-electron chi connectivity index (χ2n) is 5.07. The first-order chi connectivity index (χ1) is 8.70. The van der Waals surface area contributed by atoms with E-state index in [9.17, 15) is 0 Å². The number of piperidine rings is 1. The zero-order chi connectivity index (χ0) is 13.0. The van der Waals surface area contributed by atoms with E-state index in [4.69, 9.17) is 5.73 Å². The molecule has 0 unspecified atom stereocenters. The Morgan fingerprint density at radius 3 is 2.72 bits per heavy atom. The molecule has 0 saturated carbocycles. The Balaban J connectivity index is 2.01. The predicted molar refractivity (Wildman–Crippen MR) is 78.6 cm³/mol. The van der Waals surface area contributed by atoms with Gasteiger partial charge in [-0.25, -0.2) is 0 Å². The molecule has 18 heavy (non-hydrogen) atoms. The average Bonchev–Trinajstić information content (AvgIpc) is 2.79. The molecule has 0 amide bonds. The van der Waals surface area contributed by atoms with Crippen molar-refractivity contribution < 1.29 is 0 Å². The van der Waals surface area contributed by atoms with Gasteiger partial charge in [-0.05, 0) is 38.8 Å². The molecule has 2 rings (SSSR count). The van der Waals surface area contributed by atoms with Crippen LogP contribution in [0.15, 0.2) is 12.1 Å². The molecule has 2 nitrogen and oxygen atoms in total. The molecule has 98 valence electrons. The van der Waals surface area contributed by atoms with Gasteiger partial charge in [-0.1, -0.05) is 18.3 Å². The SMILES string of the molecule is C[C@@H]1CCC[C@H](C)N1Cc1ccc(C#CCN)s1. The highest BCUT2D eigenvalue weighted by Crippen LogP contribution is 2.26. The second kappa shape index (κ2) is 6.38. The molecule has 0 bridgehead atoms. The molecule has 1 aromatic rings. The zero-order valence-electron chi connectivity index (χ0n) is 11.3. The van der Waals surface area contributed by atoms with Gasteiger partial charge in [0.15, 0.2) is 0 Å². The van der Waals surface area contributed by atoms with Crippen LogP contribution in [0.2, 0.25) is 0 Å². The van der Waals surface area contributed by atoms with E-state index in [1.807, 2.05) is 0 Å². The minimum Gasteiger partial charge on any atom is -0.320 e. The molecule has 3 heteroatoms. The van der Waals surface area contributed by atoms with Crippen LogP contribution in [0.25, 0.3) is 0 Å². The van der Waals surface area contributed by atoms with Crippen LogP contribution in [0.5, 0.6) is 0 Å². The fourth-order valence-corrected chi connectivity index (χ4v) is 3.53. The maximum Gasteiger partial charge on any atom is 0.0772 e. The van der Waals surface area contributed by atoms with E-state index < -0.39 is 0 Å². The van der Waals surface area contributed by atoms with Crippen LogP contribution in [0, 0.1) is 11.8 Å². The van der Waals surface area contributed by atoms with Crippen molar-refractivity contribution in [1.29, 1.82) is 0 Å². The number of rotatable bonds is 2. The summed E-state index contributed by atoms with van der Waals surface area (Å²) in [5.41, 5.74) is 5.39. The molecule has 1 fully saturated rings. The van der Waals surface area contributed by atoms with Crippen molar-refractivity contribution >= 4 is 11.3 Å². The van der Waals surface area contributed by atoms with E-state index in [-0.39, 0.29) is 0 Å². The average molecular weight is 262 g/mol. The smallest absolute Gasteiger partial charge is 0.0772 e. The lowest BCUT2D eigenvalue weighted by molar-refractivity contribution is 0.0964. The van der Waals surface area contributed by atoms with Crippen molar-refractivity contribution in [3.63, 3.8) is 0 Å². The summed E-state index contributed by atoms with van der Waals surface area (Å²) < 4.78 is 0. The van der Waals surface area contributed by atoms with Crippen LogP contribution in [0.3, 0.4) is 0 Å². The van der Waals surface area contributed by atoms with Gasteiger partial charge < -0.3 is 5.73 Å². The van der Waals surface area contributed by atoms with E-state index in [1.54, 1.807) is 11.3 Å². The Morgan fingerprint density at radius 1 is 1.33 bits per heavy atom. The van der Waals surface area contributed by atoms with E-state index in [2.05, 4.69) is 42.7 Å². The molecule has 1 aliphatic heterocycles. The van der Waals surface area contributed by atoms with Crippen molar-refractivity contribution in [2.45, 2.75) is 51.7 Å². The van der Waals surface area contributed by atoms with Crippen molar-refractivity contribution in [1.82, 2.24) is 4.90 Å². The Morgan fingerprint density at radius 2 is 2.06 bits per heavy atom. The molecule has 2 heterocycles. The van der Waals surface area contributed by atoms with Crippen LogP contribution in [-0.2, 0) is 6.54 Å². The standard InChI is InChI=1S/C15H22N2S/c1-12-5-3-6-13(2)17(12)11-15-9-8-14(18-15)7-4-10-16/h8-9,12-13H,3,5-6,10-11,16H2,1-2H3/t12-,13+. The summed E-state index contributed by atoms with van der Waals surface area (Å²) in [6.45, 7) is 6.20. The summed E-state index contributed by atoms with van der Waals surface area (Å²) in [5, 5.41) is 0. The Labute approximate surface area is 114 Å². The summed E-state index contributed by atoms with van der Waals surface area (Å²) in [5.74, 6) is 6.02. The van der Waals surface area contributed by atoms with Gasteiger partial charge in [0.1, 0.15) is 0 Å². The number of likely N-dealkylation sites (tertiary alicyclic amines) is 1. The summed E-state index contributed by atoms with van der Waals surface area (Å²) in [6, 6.07) is 5.73. The van der Waals surface area contributed by atoms with Crippen molar-refractivity contribution in [2.24, 2.45) is 5.73 Å². The molecule has 2 atom stereocenters. The summed E-state index contributed by atoms with van der Waals surface area (Å²) >= 11 is 1.80. The predicted octanol–water partition coefficient (Wildman–Crippen LogP) is 2.82. The van der Waals surface area contributed by atoms with Crippen LogP contribution < -0.4 is 5.73 Å². The Hall–Kier alpha value is -0.820. The lowest BCUT2D eigenvalue weighted by Gasteiger charge is -2.38. The molecule has 0 aliphatic carbocycles. The van der Waals surface area contributed by atoms with E-state index in [0.717, 1.165) is 11.4 Å². The molecule has 1 aromatic heterocycles. The van der Waals surface area contributed by atoms with Crippen molar-refractivity contribution in [3.05, 3.63) is 21.9 Å². The lowest BCUT2D eigenvalue weighted by atomic mass is 9.97. The van der Waals surface area contributed by atoms with Gasteiger partial charge in [0.05, 0.1) is 11.4 Å². The minimum absolute atomic E-state index is 0.438. The Bertz CT molecular complexity index is 431. The van der Waals surface area contributed by atoms with Gasteiger partial charge in [0.25, 0.3) is 0 Å².